The fourth-order valence-electron chi connectivity index (χ4n) is 1.08. The highest BCUT2D eigenvalue weighted by Crippen LogP contribution is 2.09. The summed E-state index contributed by atoms with van der Waals surface area (Å²) in [6.45, 7) is 1.80. The highest BCUT2D eigenvalue weighted by atomic mass is 16.1. The van der Waals surface area contributed by atoms with Crippen LogP contribution in [0.5, 0.6) is 0 Å². The Balaban J connectivity index is 2.52. The third kappa shape index (κ3) is 1.48. The summed E-state index contributed by atoms with van der Waals surface area (Å²) >= 11 is 0. The van der Waals surface area contributed by atoms with Crippen LogP contribution in [0.2, 0.25) is 0 Å². The lowest BCUT2D eigenvalue weighted by Crippen LogP contribution is -2.00. The third-order valence-electron chi connectivity index (χ3n) is 1.65. The van der Waals surface area contributed by atoms with Gasteiger partial charge in [0.15, 0.2) is 0 Å². The molecule has 0 radical (unpaired) electrons. The van der Waals surface area contributed by atoms with Gasteiger partial charge >= 0.3 is 5.69 Å². The molecule has 0 amide bonds. The van der Waals surface area contributed by atoms with E-state index in [1.807, 2.05) is 0 Å². The van der Waals surface area contributed by atoms with Gasteiger partial charge < -0.3 is 9.97 Å². The molecule has 13 heavy (non-hydrogen) atoms. The van der Waals surface area contributed by atoms with Crippen LogP contribution in [-0.4, -0.2) is 19.9 Å². The highest BCUT2D eigenvalue weighted by Gasteiger charge is 2.01. The van der Waals surface area contributed by atoms with E-state index >= 15 is 0 Å². The van der Waals surface area contributed by atoms with E-state index in [0.29, 0.717) is 17.2 Å². The number of hydrogen-bond donors (Lipinski definition) is 2. The van der Waals surface area contributed by atoms with Crippen molar-refractivity contribution in [1.29, 1.82) is 0 Å². The van der Waals surface area contributed by atoms with Gasteiger partial charge in [0.25, 0.3) is 0 Å². The largest absolute Gasteiger partial charge is 0.323 e. The Bertz CT molecular complexity index is 471. The number of aromatic amines is 2. The lowest BCUT2D eigenvalue weighted by molar-refractivity contribution is 1.05. The number of aromatic nitrogens is 4. The summed E-state index contributed by atoms with van der Waals surface area (Å²) < 4.78 is 0. The van der Waals surface area contributed by atoms with E-state index in [4.69, 9.17) is 0 Å². The molecule has 0 aliphatic rings. The van der Waals surface area contributed by atoms with Gasteiger partial charge in [0.1, 0.15) is 5.82 Å². The Morgan fingerprint density at radius 1 is 1.46 bits per heavy atom. The van der Waals surface area contributed by atoms with Gasteiger partial charge in [-0.3, -0.25) is 0 Å². The first kappa shape index (κ1) is 7.72. The molecular formula is C8H8N4O. The normalized spacial score (nSPS) is 10.2. The van der Waals surface area contributed by atoms with Crippen molar-refractivity contribution in [3.05, 3.63) is 34.8 Å². The summed E-state index contributed by atoms with van der Waals surface area (Å²) in [5, 5.41) is 0. The molecule has 5 nitrogen and oxygen atoms in total. The molecule has 0 aromatic carbocycles. The quantitative estimate of drug-likeness (QED) is 0.663. The molecule has 0 aliphatic heterocycles. The first-order valence-corrected chi connectivity index (χ1v) is 3.83. The topological polar surface area (TPSA) is 74.4 Å². The first-order chi connectivity index (χ1) is 6.25. The van der Waals surface area contributed by atoms with Gasteiger partial charge in [-0.2, -0.15) is 0 Å². The maximum Gasteiger partial charge on any atom is 0.323 e. The third-order valence-corrected chi connectivity index (χ3v) is 1.65. The van der Waals surface area contributed by atoms with Gasteiger partial charge in [-0.25, -0.2) is 14.8 Å². The summed E-state index contributed by atoms with van der Waals surface area (Å²) in [5.41, 5.74) is 1.16. The average molecular weight is 176 g/mol. The van der Waals surface area contributed by atoms with E-state index in [-0.39, 0.29) is 5.69 Å². The molecule has 0 bridgehead atoms. The van der Waals surface area contributed by atoms with Crippen LogP contribution in [0.4, 0.5) is 0 Å². The van der Waals surface area contributed by atoms with Crippen LogP contribution in [0, 0.1) is 6.92 Å². The minimum Gasteiger partial charge on any atom is -0.312 e. The molecule has 0 saturated carbocycles. The zero-order valence-electron chi connectivity index (χ0n) is 7.03. The molecule has 0 atom stereocenters. The van der Waals surface area contributed by atoms with Gasteiger partial charge in [0.2, 0.25) is 0 Å². The summed E-state index contributed by atoms with van der Waals surface area (Å²) in [4.78, 5) is 24.0. The fourth-order valence-corrected chi connectivity index (χ4v) is 1.08. The van der Waals surface area contributed by atoms with E-state index in [2.05, 4.69) is 19.9 Å². The predicted octanol–water partition coefficient (Wildman–Crippen LogP) is 0.468. The molecule has 0 spiro atoms. The van der Waals surface area contributed by atoms with E-state index in [0.717, 1.165) is 0 Å². The number of rotatable bonds is 1. The molecular weight excluding hydrogens is 168 g/mol. The van der Waals surface area contributed by atoms with Crippen molar-refractivity contribution < 1.29 is 0 Å². The molecule has 2 aromatic heterocycles. The molecule has 0 unspecified atom stereocenters. The zero-order chi connectivity index (χ0) is 9.26. The summed E-state index contributed by atoms with van der Waals surface area (Å²) in [7, 11) is 0. The minimum atomic E-state index is -0.230. The van der Waals surface area contributed by atoms with Crippen LogP contribution < -0.4 is 5.69 Å². The second-order valence-corrected chi connectivity index (χ2v) is 2.65. The molecule has 2 heterocycles. The number of nitrogens with zero attached hydrogens (tertiary/aromatic N) is 2. The standard InChI is InChI=1S/C8H8N4O/c1-5-9-3-2-6(11-5)7-4-10-8(13)12-7/h2-4H,1H3,(H2,10,12,13). The van der Waals surface area contributed by atoms with E-state index < -0.39 is 0 Å². The first-order valence-electron chi connectivity index (χ1n) is 3.83. The van der Waals surface area contributed by atoms with Gasteiger partial charge in [-0.1, -0.05) is 0 Å². The zero-order valence-corrected chi connectivity index (χ0v) is 7.03. The maximum atomic E-state index is 10.8. The Morgan fingerprint density at radius 3 is 2.92 bits per heavy atom. The van der Waals surface area contributed by atoms with Crippen molar-refractivity contribution in [3.63, 3.8) is 0 Å². The van der Waals surface area contributed by atoms with Crippen LogP contribution >= 0.6 is 0 Å². The van der Waals surface area contributed by atoms with Gasteiger partial charge in [-0.15, -0.1) is 0 Å². The molecule has 0 fully saturated rings. The number of H-pyrrole nitrogens is 2. The molecule has 66 valence electrons. The number of nitrogens with one attached hydrogen (secondary N) is 2. The second-order valence-electron chi connectivity index (χ2n) is 2.65. The van der Waals surface area contributed by atoms with Crippen LogP contribution in [0.3, 0.4) is 0 Å². The molecule has 2 N–H and O–H groups in total. The van der Waals surface area contributed by atoms with Crippen molar-refractivity contribution in [2.24, 2.45) is 0 Å². The van der Waals surface area contributed by atoms with Crippen molar-refractivity contribution in [3.8, 4) is 11.4 Å². The summed E-state index contributed by atoms with van der Waals surface area (Å²) in [6, 6.07) is 1.74. The lowest BCUT2D eigenvalue weighted by Gasteiger charge is -1.95. The van der Waals surface area contributed by atoms with Crippen LogP contribution in [0.25, 0.3) is 11.4 Å². The lowest BCUT2D eigenvalue weighted by atomic mass is 10.3. The summed E-state index contributed by atoms with van der Waals surface area (Å²) in [5.74, 6) is 0.680. The minimum absolute atomic E-state index is 0.230. The van der Waals surface area contributed by atoms with Crippen LogP contribution in [-0.2, 0) is 0 Å². The van der Waals surface area contributed by atoms with Crippen LogP contribution in [0.1, 0.15) is 5.82 Å². The fraction of sp³-hybridized carbons (Fsp3) is 0.125. The molecule has 2 rings (SSSR count). The number of aryl methyl sites for hydroxylation is 1. The van der Waals surface area contributed by atoms with Crippen molar-refractivity contribution in [1.82, 2.24) is 19.9 Å². The average Bonchev–Trinajstić information content (AvgIpc) is 2.52. The predicted molar refractivity (Wildman–Crippen MR) is 47.2 cm³/mol. The Morgan fingerprint density at radius 2 is 2.31 bits per heavy atom. The van der Waals surface area contributed by atoms with Crippen molar-refractivity contribution >= 4 is 0 Å². The summed E-state index contributed by atoms with van der Waals surface area (Å²) in [6.07, 6.45) is 3.24. The Kier molecular flexibility index (Phi) is 1.70. The van der Waals surface area contributed by atoms with Gasteiger partial charge in [-0.05, 0) is 13.0 Å². The van der Waals surface area contributed by atoms with Crippen molar-refractivity contribution in [2.45, 2.75) is 6.92 Å². The van der Waals surface area contributed by atoms with Gasteiger partial charge in [0.05, 0.1) is 11.4 Å². The monoisotopic (exact) mass is 176 g/mol. The smallest absolute Gasteiger partial charge is 0.312 e. The maximum absolute atomic E-state index is 10.8. The molecule has 5 heteroatoms. The second kappa shape index (κ2) is 2.85. The van der Waals surface area contributed by atoms with Crippen LogP contribution in [0.15, 0.2) is 23.3 Å². The number of imidazole rings is 1. The molecule has 0 saturated heterocycles. The Hall–Kier alpha value is -1.91. The van der Waals surface area contributed by atoms with Gasteiger partial charge in [0, 0.05) is 12.4 Å². The molecule has 0 aliphatic carbocycles. The van der Waals surface area contributed by atoms with Crippen molar-refractivity contribution in [2.75, 3.05) is 0 Å². The van der Waals surface area contributed by atoms with E-state index in [1.165, 1.54) is 0 Å². The Labute approximate surface area is 73.9 Å². The highest BCUT2D eigenvalue weighted by molar-refractivity contribution is 5.51. The van der Waals surface area contributed by atoms with E-state index in [1.54, 1.807) is 25.4 Å². The van der Waals surface area contributed by atoms with E-state index in [9.17, 15) is 4.79 Å². The number of hydrogen-bond acceptors (Lipinski definition) is 3. The molecule has 2 aromatic rings. The SMILES string of the molecule is Cc1nccc(-c2c[nH]c(=O)[nH]2)n1.